The molecule has 2 N–H and O–H groups in total. The molecule has 1 heterocycles. The zero-order chi connectivity index (χ0) is 15.0. The first kappa shape index (κ1) is 14.1. The third-order valence-electron chi connectivity index (χ3n) is 4.35. The molecule has 5 heteroatoms. The van der Waals surface area contributed by atoms with Crippen molar-refractivity contribution in [1.82, 2.24) is 9.80 Å². The molecule has 21 heavy (non-hydrogen) atoms. The molecule has 1 atom stereocenters. The van der Waals surface area contributed by atoms with Crippen LogP contribution >= 0.6 is 0 Å². The Balaban J connectivity index is 1.72. The van der Waals surface area contributed by atoms with Crippen molar-refractivity contribution in [1.29, 1.82) is 0 Å². The number of carbonyl (C=O) groups is 2. The van der Waals surface area contributed by atoms with Gasteiger partial charge in [0.25, 0.3) is 0 Å². The van der Waals surface area contributed by atoms with Gasteiger partial charge in [-0.15, -0.1) is 0 Å². The summed E-state index contributed by atoms with van der Waals surface area (Å²) in [6.45, 7) is 3.05. The van der Waals surface area contributed by atoms with E-state index in [0.29, 0.717) is 19.1 Å². The topological polar surface area (TPSA) is 66.6 Å². The van der Waals surface area contributed by atoms with Gasteiger partial charge in [-0.2, -0.15) is 0 Å². The molecular weight excluding hydrogens is 266 g/mol. The van der Waals surface area contributed by atoms with Gasteiger partial charge in [-0.1, -0.05) is 30.3 Å². The summed E-state index contributed by atoms with van der Waals surface area (Å²) in [5.74, 6) is -0.140. The van der Waals surface area contributed by atoms with Gasteiger partial charge in [0.1, 0.15) is 5.54 Å². The van der Waals surface area contributed by atoms with E-state index in [1.165, 1.54) is 0 Å². The Labute approximate surface area is 124 Å². The van der Waals surface area contributed by atoms with Gasteiger partial charge in [-0.25, -0.2) is 0 Å². The van der Waals surface area contributed by atoms with Crippen LogP contribution in [-0.2, 0) is 15.1 Å². The summed E-state index contributed by atoms with van der Waals surface area (Å²) in [6, 6.07) is 9.73. The third-order valence-corrected chi connectivity index (χ3v) is 4.35. The van der Waals surface area contributed by atoms with Gasteiger partial charge in [-0.05, 0) is 25.3 Å². The van der Waals surface area contributed by atoms with Crippen molar-refractivity contribution in [2.75, 3.05) is 19.6 Å². The first-order valence-electron chi connectivity index (χ1n) is 7.43. The van der Waals surface area contributed by atoms with E-state index >= 15 is 0 Å². The van der Waals surface area contributed by atoms with E-state index in [4.69, 9.17) is 5.73 Å². The van der Waals surface area contributed by atoms with Crippen LogP contribution in [0.3, 0.4) is 0 Å². The van der Waals surface area contributed by atoms with Crippen LogP contribution in [0.4, 0.5) is 0 Å². The number of piperazine rings is 1. The summed E-state index contributed by atoms with van der Waals surface area (Å²) in [4.78, 5) is 28.3. The van der Waals surface area contributed by atoms with Crippen molar-refractivity contribution in [3.8, 4) is 0 Å². The fourth-order valence-electron chi connectivity index (χ4n) is 2.87. The molecule has 1 unspecified atom stereocenters. The van der Waals surface area contributed by atoms with Crippen LogP contribution in [-0.4, -0.2) is 47.3 Å². The van der Waals surface area contributed by atoms with Crippen molar-refractivity contribution >= 4 is 11.8 Å². The molecule has 0 spiro atoms. The van der Waals surface area contributed by atoms with E-state index in [9.17, 15) is 9.59 Å². The number of hydrogen-bond donors (Lipinski definition) is 1. The second-order valence-electron chi connectivity index (χ2n) is 6.11. The Bertz CT molecular complexity index is 552. The van der Waals surface area contributed by atoms with Gasteiger partial charge in [0.2, 0.25) is 11.8 Å². The quantitative estimate of drug-likeness (QED) is 0.889. The molecule has 3 rings (SSSR count). The molecule has 0 bridgehead atoms. The highest BCUT2D eigenvalue weighted by Crippen LogP contribution is 2.29. The Kier molecular flexibility index (Phi) is 3.45. The number of rotatable bonds is 3. The van der Waals surface area contributed by atoms with E-state index in [1.807, 2.05) is 35.2 Å². The molecular formula is C16H21N3O2. The predicted molar refractivity (Wildman–Crippen MR) is 79.3 cm³/mol. The van der Waals surface area contributed by atoms with Crippen molar-refractivity contribution in [2.24, 2.45) is 5.73 Å². The number of nitrogens with two attached hydrogens (primary N) is 1. The maximum absolute atomic E-state index is 12.7. The summed E-state index contributed by atoms with van der Waals surface area (Å²) >= 11 is 0. The highest BCUT2D eigenvalue weighted by Gasteiger charge is 2.40. The second kappa shape index (κ2) is 5.15. The summed E-state index contributed by atoms with van der Waals surface area (Å²) < 4.78 is 0. The minimum atomic E-state index is -1.09. The zero-order valence-corrected chi connectivity index (χ0v) is 12.3. The molecule has 0 aromatic heterocycles. The number of amides is 2. The third kappa shape index (κ3) is 2.65. The van der Waals surface area contributed by atoms with Crippen LogP contribution in [0.5, 0.6) is 0 Å². The van der Waals surface area contributed by atoms with Gasteiger partial charge in [-0.3, -0.25) is 9.59 Å². The van der Waals surface area contributed by atoms with Gasteiger partial charge in [0.15, 0.2) is 0 Å². The van der Waals surface area contributed by atoms with E-state index in [1.54, 1.807) is 11.8 Å². The zero-order valence-electron chi connectivity index (χ0n) is 12.3. The molecule has 2 fully saturated rings. The van der Waals surface area contributed by atoms with Crippen LogP contribution in [0.1, 0.15) is 25.3 Å². The van der Waals surface area contributed by atoms with Crippen molar-refractivity contribution in [2.45, 2.75) is 31.3 Å². The minimum absolute atomic E-state index is 0.0426. The Morgan fingerprint density at radius 1 is 1.24 bits per heavy atom. The molecule has 2 aliphatic rings. The molecule has 2 amide bonds. The SMILES string of the molecule is CC(N)(C(=O)N1CCN(C2CC2)C(=O)C1)c1ccccc1. The number of carbonyl (C=O) groups excluding carboxylic acids is 2. The largest absolute Gasteiger partial charge is 0.336 e. The van der Waals surface area contributed by atoms with Crippen LogP contribution in [0, 0.1) is 0 Å². The fraction of sp³-hybridized carbons (Fsp3) is 0.500. The fourth-order valence-corrected chi connectivity index (χ4v) is 2.87. The molecule has 112 valence electrons. The van der Waals surface area contributed by atoms with E-state index < -0.39 is 5.54 Å². The van der Waals surface area contributed by atoms with Crippen molar-refractivity contribution in [3.05, 3.63) is 35.9 Å². The molecule has 1 saturated carbocycles. The molecule has 0 radical (unpaired) electrons. The van der Waals surface area contributed by atoms with Crippen molar-refractivity contribution < 1.29 is 9.59 Å². The normalized spacial score (nSPS) is 22.1. The smallest absolute Gasteiger partial charge is 0.247 e. The van der Waals surface area contributed by atoms with E-state index in [0.717, 1.165) is 18.4 Å². The second-order valence-corrected chi connectivity index (χ2v) is 6.11. The summed E-state index contributed by atoms with van der Waals surface area (Å²) in [6.07, 6.45) is 2.19. The lowest BCUT2D eigenvalue weighted by Crippen LogP contribution is -2.58. The average molecular weight is 287 g/mol. The summed E-state index contributed by atoms with van der Waals surface area (Å²) in [5.41, 5.74) is 5.93. The van der Waals surface area contributed by atoms with Gasteiger partial charge in [0.05, 0.1) is 6.54 Å². The van der Waals surface area contributed by atoms with Crippen LogP contribution in [0.15, 0.2) is 30.3 Å². The van der Waals surface area contributed by atoms with Crippen molar-refractivity contribution in [3.63, 3.8) is 0 Å². The predicted octanol–water partition coefficient (Wildman–Crippen LogP) is 0.694. The standard InChI is InChI=1S/C16H21N3O2/c1-16(17,12-5-3-2-4-6-12)15(21)18-9-10-19(13-7-8-13)14(20)11-18/h2-6,13H,7-11,17H2,1H3. The first-order valence-corrected chi connectivity index (χ1v) is 7.43. The molecule has 1 aliphatic carbocycles. The maximum atomic E-state index is 12.7. The number of benzene rings is 1. The van der Waals surface area contributed by atoms with Crippen LogP contribution in [0.25, 0.3) is 0 Å². The lowest BCUT2D eigenvalue weighted by atomic mass is 9.91. The molecule has 1 saturated heterocycles. The Hall–Kier alpha value is -1.88. The monoisotopic (exact) mass is 287 g/mol. The maximum Gasteiger partial charge on any atom is 0.247 e. The average Bonchev–Trinajstić information content (AvgIpc) is 3.32. The van der Waals surface area contributed by atoms with Crippen LogP contribution in [0.2, 0.25) is 0 Å². The lowest BCUT2D eigenvalue weighted by Gasteiger charge is -2.38. The van der Waals surface area contributed by atoms with Gasteiger partial charge >= 0.3 is 0 Å². The number of nitrogens with zero attached hydrogens (tertiary/aromatic N) is 2. The van der Waals surface area contributed by atoms with Gasteiger partial charge in [0, 0.05) is 19.1 Å². The van der Waals surface area contributed by atoms with Crippen LogP contribution < -0.4 is 5.73 Å². The molecule has 1 aliphatic heterocycles. The summed E-state index contributed by atoms with van der Waals surface area (Å²) in [7, 11) is 0. The highest BCUT2D eigenvalue weighted by molar-refractivity contribution is 5.91. The molecule has 1 aromatic rings. The van der Waals surface area contributed by atoms with E-state index in [2.05, 4.69) is 0 Å². The molecule has 5 nitrogen and oxygen atoms in total. The number of hydrogen-bond acceptors (Lipinski definition) is 3. The Morgan fingerprint density at radius 2 is 1.90 bits per heavy atom. The highest BCUT2D eigenvalue weighted by atomic mass is 16.2. The first-order chi connectivity index (χ1) is 10.00. The van der Waals surface area contributed by atoms with E-state index in [-0.39, 0.29) is 18.4 Å². The lowest BCUT2D eigenvalue weighted by molar-refractivity contribution is -0.148. The molecule has 1 aromatic carbocycles. The summed E-state index contributed by atoms with van der Waals surface area (Å²) in [5, 5.41) is 0. The van der Waals surface area contributed by atoms with Gasteiger partial charge < -0.3 is 15.5 Å². The Morgan fingerprint density at radius 3 is 2.48 bits per heavy atom. The minimum Gasteiger partial charge on any atom is -0.336 e.